The summed E-state index contributed by atoms with van der Waals surface area (Å²) in [5, 5.41) is 12.5. The van der Waals surface area contributed by atoms with Gasteiger partial charge in [-0.25, -0.2) is 0 Å². The Bertz CT molecular complexity index is 1030. The monoisotopic (exact) mass is 368 g/mol. The summed E-state index contributed by atoms with van der Waals surface area (Å²) in [6.45, 7) is 1.61. The van der Waals surface area contributed by atoms with Gasteiger partial charge in [0.05, 0.1) is 32.3 Å². The number of allylic oxidation sites excluding steroid dienone is 1. The van der Waals surface area contributed by atoms with Gasteiger partial charge in [0.15, 0.2) is 11.4 Å². The molecule has 2 aliphatic carbocycles. The number of carbonyl (C=O) groups excluding carboxylic acids is 2. The van der Waals surface area contributed by atoms with Crippen molar-refractivity contribution in [2.75, 3.05) is 21.3 Å². The maximum atomic E-state index is 13.3. The van der Waals surface area contributed by atoms with E-state index in [9.17, 15) is 14.7 Å². The lowest BCUT2D eigenvalue weighted by Crippen LogP contribution is -2.41. The highest BCUT2D eigenvalue weighted by molar-refractivity contribution is 6.19. The summed E-state index contributed by atoms with van der Waals surface area (Å²) < 4.78 is 16.7. The molecule has 0 unspecified atom stereocenters. The summed E-state index contributed by atoms with van der Waals surface area (Å²) in [7, 11) is 4.52. The van der Waals surface area contributed by atoms with Crippen molar-refractivity contribution in [1.82, 2.24) is 0 Å². The molecule has 0 spiro atoms. The third kappa shape index (κ3) is 2.10. The highest BCUT2D eigenvalue weighted by atomic mass is 16.5. The number of ether oxygens (including phenoxy) is 3. The maximum absolute atomic E-state index is 13.3. The molecule has 27 heavy (non-hydrogen) atoms. The second-order valence-corrected chi connectivity index (χ2v) is 6.90. The van der Waals surface area contributed by atoms with Crippen molar-refractivity contribution in [3.8, 4) is 17.2 Å². The van der Waals surface area contributed by atoms with E-state index in [4.69, 9.17) is 14.2 Å². The molecule has 2 aromatic carbocycles. The number of methoxy groups -OCH3 is 3. The lowest BCUT2D eigenvalue weighted by atomic mass is 9.76. The second-order valence-electron chi connectivity index (χ2n) is 6.90. The fourth-order valence-corrected chi connectivity index (χ4v) is 4.37. The van der Waals surface area contributed by atoms with Gasteiger partial charge in [-0.15, -0.1) is 0 Å². The zero-order valence-corrected chi connectivity index (χ0v) is 15.6. The van der Waals surface area contributed by atoms with E-state index in [0.717, 1.165) is 0 Å². The van der Waals surface area contributed by atoms with Gasteiger partial charge in [0.2, 0.25) is 5.78 Å². The minimum atomic E-state index is -1.79. The van der Waals surface area contributed by atoms with Crippen LogP contribution >= 0.6 is 0 Å². The molecule has 0 heterocycles. The van der Waals surface area contributed by atoms with Crippen LogP contribution in [0.1, 0.15) is 35.2 Å². The van der Waals surface area contributed by atoms with Crippen molar-refractivity contribution in [3.05, 3.63) is 41.0 Å². The van der Waals surface area contributed by atoms with Gasteiger partial charge in [-0.1, -0.05) is 12.1 Å². The summed E-state index contributed by atoms with van der Waals surface area (Å²) >= 11 is 0. The number of carbonyl (C=O) groups is 2. The first-order valence-corrected chi connectivity index (χ1v) is 8.63. The Hall–Kier alpha value is -2.86. The van der Waals surface area contributed by atoms with Crippen molar-refractivity contribution in [2.24, 2.45) is 0 Å². The van der Waals surface area contributed by atoms with Gasteiger partial charge in [-0.3, -0.25) is 9.59 Å². The Balaban J connectivity index is 2.18. The molecule has 4 rings (SSSR count). The Morgan fingerprint density at radius 2 is 1.78 bits per heavy atom. The zero-order chi connectivity index (χ0) is 19.5. The Morgan fingerprint density at radius 1 is 1.07 bits per heavy atom. The number of hydrogen-bond acceptors (Lipinski definition) is 6. The average molecular weight is 368 g/mol. The van der Waals surface area contributed by atoms with Crippen molar-refractivity contribution < 1.29 is 28.9 Å². The third-order valence-electron chi connectivity index (χ3n) is 5.60. The molecule has 6 heteroatoms. The number of fused-ring (bicyclic) bond motifs is 4. The number of Topliss-reactive ketones (excluding diaryl/α,β-unsaturated/α-hetero) is 2. The molecule has 0 fully saturated rings. The average Bonchev–Trinajstić information content (AvgIpc) is 2.88. The first-order valence-electron chi connectivity index (χ1n) is 8.63. The van der Waals surface area contributed by atoms with Crippen molar-refractivity contribution >= 4 is 22.3 Å². The second kappa shape index (κ2) is 5.82. The summed E-state index contributed by atoms with van der Waals surface area (Å²) in [4.78, 5) is 25.6. The topological polar surface area (TPSA) is 82.1 Å². The van der Waals surface area contributed by atoms with Gasteiger partial charge in [0.1, 0.15) is 17.2 Å². The van der Waals surface area contributed by atoms with Gasteiger partial charge in [0, 0.05) is 23.3 Å². The lowest BCUT2D eigenvalue weighted by molar-refractivity contribution is -0.117. The molecule has 0 saturated carbocycles. The van der Waals surface area contributed by atoms with Crippen molar-refractivity contribution in [2.45, 2.75) is 24.9 Å². The molecule has 6 nitrogen and oxygen atoms in total. The smallest absolute Gasteiger partial charge is 0.203 e. The van der Waals surface area contributed by atoms with E-state index in [2.05, 4.69) is 0 Å². The summed E-state index contributed by atoms with van der Waals surface area (Å²) in [5.74, 6) is 0.00672. The summed E-state index contributed by atoms with van der Waals surface area (Å²) in [5.41, 5.74) is -0.641. The molecular formula is C21H20O6. The van der Waals surface area contributed by atoms with Crippen LogP contribution in [0.5, 0.6) is 17.2 Å². The highest BCUT2D eigenvalue weighted by Crippen LogP contribution is 2.57. The lowest BCUT2D eigenvalue weighted by Gasteiger charge is -2.30. The third-order valence-corrected chi connectivity index (χ3v) is 5.60. The molecule has 0 amide bonds. The number of ketones is 2. The maximum Gasteiger partial charge on any atom is 0.203 e. The predicted octanol–water partition coefficient (Wildman–Crippen LogP) is 2.80. The number of benzene rings is 2. The minimum Gasteiger partial charge on any atom is -0.496 e. The van der Waals surface area contributed by atoms with Crippen LogP contribution in [-0.2, 0) is 4.79 Å². The number of rotatable bonds is 3. The van der Waals surface area contributed by atoms with E-state index in [-0.39, 0.29) is 17.8 Å². The van der Waals surface area contributed by atoms with E-state index < -0.39 is 17.3 Å². The molecule has 140 valence electrons. The molecule has 2 aliphatic rings. The standard InChI is InChI=1S/C21H20O6/c1-10-9-21(24)12(8-13(10)22)16-17(20(21)23)19(27-4)15-11(18(16)26-3)6-5-7-14(15)25-2/h5-7,9,12,24H,8H2,1-4H3/t12-,21+/m1/s1. The normalized spacial score (nSPS) is 23.7. The molecule has 1 N–H and O–H groups in total. The van der Waals surface area contributed by atoms with E-state index in [1.807, 2.05) is 12.1 Å². The molecular weight excluding hydrogens is 348 g/mol. The van der Waals surface area contributed by atoms with Crippen LogP contribution in [0.15, 0.2) is 29.8 Å². The van der Waals surface area contributed by atoms with Gasteiger partial charge in [-0.2, -0.15) is 0 Å². The van der Waals surface area contributed by atoms with E-state index in [0.29, 0.717) is 39.2 Å². The van der Waals surface area contributed by atoms with Gasteiger partial charge < -0.3 is 19.3 Å². The molecule has 0 saturated heterocycles. The summed E-state index contributed by atoms with van der Waals surface area (Å²) in [6.07, 6.45) is 1.40. The number of hydrogen-bond donors (Lipinski definition) is 1. The van der Waals surface area contributed by atoms with Crippen LogP contribution in [0, 0.1) is 0 Å². The quantitative estimate of drug-likeness (QED) is 0.897. The number of aliphatic hydroxyl groups is 1. The summed E-state index contributed by atoms with van der Waals surface area (Å²) in [6, 6.07) is 5.42. The molecule has 0 aliphatic heterocycles. The highest BCUT2D eigenvalue weighted by Gasteiger charge is 2.56. The van der Waals surface area contributed by atoms with E-state index in [1.165, 1.54) is 27.4 Å². The van der Waals surface area contributed by atoms with Gasteiger partial charge in [-0.05, 0) is 24.6 Å². The van der Waals surface area contributed by atoms with Crippen LogP contribution in [0.3, 0.4) is 0 Å². The van der Waals surface area contributed by atoms with E-state index >= 15 is 0 Å². The minimum absolute atomic E-state index is 0.0343. The van der Waals surface area contributed by atoms with Crippen molar-refractivity contribution in [1.29, 1.82) is 0 Å². The van der Waals surface area contributed by atoms with Crippen LogP contribution < -0.4 is 14.2 Å². The van der Waals surface area contributed by atoms with Crippen LogP contribution in [0.2, 0.25) is 0 Å². The first kappa shape index (κ1) is 17.5. The first-order chi connectivity index (χ1) is 12.9. The molecule has 0 radical (unpaired) electrons. The van der Waals surface area contributed by atoms with Crippen LogP contribution in [-0.4, -0.2) is 43.6 Å². The van der Waals surface area contributed by atoms with Crippen LogP contribution in [0.4, 0.5) is 0 Å². The van der Waals surface area contributed by atoms with Gasteiger partial charge >= 0.3 is 0 Å². The Labute approximate surface area is 156 Å². The fraction of sp³-hybridized carbons (Fsp3) is 0.333. The van der Waals surface area contributed by atoms with E-state index in [1.54, 1.807) is 13.0 Å². The SMILES string of the molecule is COc1c2c(c(OC)c3c(OC)cccc13)C(=O)[C@]1(O)C=C(C)C(=O)C[C@H]21. The zero-order valence-electron chi connectivity index (χ0n) is 15.6. The predicted molar refractivity (Wildman–Crippen MR) is 99.0 cm³/mol. The van der Waals surface area contributed by atoms with Crippen LogP contribution in [0.25, 0.3) is 10.8 Å². The Kier molecular flexibility index (Phi) is 3.78. The molecule has 0 bridgehead atoms. The molecule has 2 aromatic rings. The largest absolute Gasteiger partial charge is 0.496 e. The van der Waals surface area contributed by atoms with Gasteiger partial charge in [0.25, 0.3) is 0 Å². The van der Waals surface area contributed by atoms with Crippen molar-refractivity contribution in [3.63, 3.8) is 0 Å². The fourth-order valence-electron chi connectivity index (χ4n) is 4.37. The molecule has 2 atom stereocenters. The molecule has 0 aromatic heterocycles. The Morgan fingerprint density at radius 3 is 2.41 bits per heavy atom.